The molecule has 0 aromatic heterocycles. The topological polar surface area (TPSA) is 24.4 Å². The number of hydrogen-bond donors (Lipinski definition) is 1. The Kier molecular flexibility index (Phi) is 5.70. The average Bonchev–Trinajstić information content (AvgIpc) is 2.44. The number of nitrogens with one attached hydrogen (secondary N) is 1. The molecule has 0 heterocycles. The molecule has 0 unspecified atom stereocenters. The van der Waals surface area contributed by atoms with Crippen molar-refractivity contribution in [2.45, 2.75) is 13.1 Å². The minimum atomic E-state index is -4.36. The molecule has 0 aliphatic carbocycles. The van der Waals surface area contributed by atoms with Gasteiger partial charge in [-0.2, -0.15) is 18.3 Å². The van der Waals surface area contributed by atoms with E-state index in [1.54, 1.807) is 6.21 Å². The molecule has 2 aromatic carbocycles. The highest BCUT2D eigenvalue weighted by Crippen LogP contribution is 2.30. The molecule has 0 fully saturated rings. The summed E-state index contributed by atoms with van der Waals surface area (Å²) in [7, 11) is 0. The Morgan fingerprint density at radius 3 is 2.32 bits per heavy atom. The van der Waals surface area contributed by atoms with E-state index in [2.05, 4.69) is 55.7 Å². The predicted molar refractivity (Wildman–Crippen MR) is 99.3 cm³/mol. The van der Waals surface area contributed by atoms with Gasteiger partial charge in [-0.05, 0) is 93.6 Å². The Bertz CT molecular complexity index is 689. The van der Waals surface area contributed by atoms with Gasteiger partial charge in [0.2, 0.25) is 0 Å². The first-order chi connectivity index (χ1) is 10.3. The molecule has 0 amide bonds. The third-order valence-corrected chi connectivity index (χ3v) is 5.14. The minimum absolute atomic E-state index is 0.294. The average molecular weight is 530 g/mol. The zero-order valence-electron chi connectivity index (χ0n) is 11.4. The van der Waals surface area contributed by atoms with Crippen LogP contribution in [-0.4, -0.2) is 6.21 Å². The van der Waals surface area contributed by atoms with E-state index in [-0.39, 0.29) is 0 Å². The minimum Gasteiger partial charge on any atom is -0.278 e. The van der Waals surface area contributed by atoms with Crippen LogP contribution in [0.25, 0.3) is 0 Å². The molecular weight excluding hydrogens is 519 g/mol. The second-order valence-corrected chi connectivity index (χ2v) is 6.88. The first-order valence-electron chi connectivity index (χ1n) is 6.19. The Labute approximate surface area is 153 Å². The smallest absolute Gasteiger partial charge is 0.278 e. The van der Waals surface area contributed by atoms with E-state index in [0.717, 1.165) is 24.8 Å². The highest BCUT2D eigenvalue weighted by molar-refractivity contribution is 14.1. The van der Waals surface area contributed by atoms with Crippen molar-refractivity contribution in [3.63, 3.8) is 0 Å². The number of benzene rings is 2. The van der Waals surface area contributed by atoms with Crippen molar-refractivity contribution in [2.24, 2.45) is 5.10 Å². The number of nitrogens with zero attached hydrogens (tertiary/aromatic N) is 1. The predicted octanol–water partition coefficient (Wildman–Crippen LogP) is 5.67. The van der Waals surface area contributed by atoms with Gasteiger partial charge in [-0.1, -0.05) is 6.07 Å². The van der Waals surface area contributed by atoms with Crippen molar-refractivity contribution in [2.75, 3.05) is 5.43 Å². The van der Waals surface area contributed by atoms with Gasteiger partial charge >= 0.3 is 6.18 Å². The quantitative estimate of drug-likeness (QED) is 0.309. The van der Waals surface area contributed by atoms with Gasteiger partial charge in [0.25, 0.3) is 0 Å². The SMILES string of the molecule is Cc1c(I)cc(/C=N\Nc2cccc(C(F)(F)F)c2)cc1I. The molecule has 0 aliphatic heterocycles. The van der Waals surface area contributed by atoms with Crippen LogP contribution < -0.4 is 5.43 Å². The monoisotopic (exact) mass is 530 g/mol. The molecule has 7 heteroatoms. The third kappa shape index (κ3) is 4.58. The second kappa shape index (κ2) is 7.16. The fourth-order valence-electron chi connectivity index (χ4n) is 1.69. The lowest BCUT2D eigenvalue weighted by atomic mass is 10.2. The number of hydrogen-bond acceptors (Lipinski definition) is 2. The van der Waals surface area contributed by atoms with E-state index >= 15 is 0 Å². The van der Waals surface area contributed by atoms with E-state index in [9.17, 15) is 13.2 Å². The molecule has 2 nitrogen and oxygen atoms in total. The van der Waals surface area contributed by atoms with Gasteiger partial charge < -0.3 is 0 Å². The molecular formula is C15H11F3I2N2. The van der Waals surface area contributed by atoms with Gasteiger partial charge in [0, 0.05) is 7.14 Å². The third-order valence-electron chi connectivity index (χ3n) is 2.90. The summed E-state index contributed by atoms with van der Waals surface area (Å²) in [4.78, 5) is 0. The van der Waals surface area contributed by atoms with E-state index in [0.29, 0.717) is 5.69 Å². The normalized spacial score (nSPS) is 11.9. The Balaban J connectivity index is 2.13. The van der Waals surface area contributed by atoms with Crippen molar-refractivity contribution in [3.05, 3.63) is 60.2 Å². The molecule has 2 aromatic rings. The van der Waals surface area contributed by atoms with Crippen LogP contribution in [0.1, 0.15) is 16.7 Å². The van der Waals surface area contributed by atoms with Crippen molar-refractivity contribution in [1.29, 1.82) is 0 Å². The molecule has 116 valence electrons. The number of rotatable bonds is 3. The van der Waals surface area contributed by atoms with Gasteiger partial charge in [-0.3, -0.25) is 5.43 Å². The van der Waals surface area contributed by atoms with Crippen LogP contribution in [0.15, 0.2) is 41.5 Å². The lowest BCUT2D eigenvalue weighted by Crippen LogP contribution is -2.05. The van der Waals surface area contributed by atoms with Gasteiger partial charge in [-0.15, -0.1) is 0 Å². The van der Waals surface area contributed by atoms with Crippen LogP contribution in [0.3, 0.4) is 0 Å². The molecule has 0 bridgehead atoms. The van der Waals surface area contributed by atoms with Gasteiger partial charge in [0.15, 0.2) is 0 Å². The van der Waals surface area contributed by atoms with Crippen molar-refractivity contribution < 1.29 is 13.2 Å². The molecule has 22 heavy (non-hydrogen) atoms. The van der Waals surface area contributed by atoms with Crippen molar-refractivity contribution >= 4 is 57.1 Å². The summed E-state index contributed by atoms with van der Waals surface area (Å²) in [5.74, 6) is 0. The van der Waals surface area contributed by atoms with Crippen LogP contribution in [-0.2, 0) is 6.18 Å². The van der Waals surface area contributed by atoms with E-state index in [4.69, 9.17) is 0 Å². The maximum Gasteiger partial charge on any atom is 0.416 e. The van der Waals surface area contributed by atoms with Crippen LogP contribution in [0.2, 0.25) is 0 Å². The van der Waals surface area contributed by atoms with Gasteiger partial charge in [0.05, 0.1) is 17.5 Å². The Morgan fingerprint density at radius 2 is 1.73 bits per heavy atom. The fourth-order valence-corrected chi connectivity index (χ4v) is 3.50. The summed E-state index contributed by atoms with van der Waals surface area (Å²) < 4.78 is 40.1. The van der Waals surface area contributed by atoms with E-state index < -0.39 is 11.7 Å². The largest absolute Gasteiger partial charge is 0.416 e. The van der Waals surface area contributed by atoms with Crippen LogP contribution >= 0.6 is 45.2 Å². The summed E-state index contributed by atoms with van der Waals surface area (Å²) >= 11 is 4.48. The molecule has 0 aliphatic rings. The Morgan fingerprint density at radius 1 is 1.09 bits per heavy atom. The van der Waals surface area contributed by atoms with Crippen LogP contribution in [0.4, 0.5) is 18.9 Å². The Hall–Kier alpha value is -0.840. The standard InChI is InChI=1S/C15H11F3I2N2/c1-9-13(19)5-10(6-14(9)20)8-21-22-12-4-2-3-11(7-12)15(16,17)18/h2-8,22H,1H3/b21-8-. The van der Waals surface area contributed by atoms with Crippen LogP contribution in [0, 0.1) is 14.1 Å². The number of alkyl halides is 3. The summed E-state index contributed by atoms with van der Waals surface area (Å²) in [5, 5.41) is 4.00. The lowest BCUT2D eigenvalue weighted by molar-refractivity contribution is -0.137. The van der Waals surface area contributed by atoms with E-state index in [1.807, 2.05) is 19.1 Å². The zero-order valence-corrected chi connectivity index (χ0v) is 15.7. The first-order valence-corrected chi connectivity index (χ1v) is 8.35. The second-order valence-electron chi connectivity index (χ2n) is 4.56. The summed E-state index contributed by atoms with van der Waals surface area (Å²) in [5.41, 5.74) is 4.30. The first kappa shape index (κ1) is 17.5. The highest BCUT2D eigenvalue weighted by Gasteiger charge is 2.30. The zero-order chi connectivity index (χ0) is 16.3. The molecule has 1 N–H and O–H groups in total. The number of hydrazone groups is 1. The van der Waals surface area contributed by atoms with Crippen molar-refractivity contribution in [1.82, 2.24) is 0 Å². The van der Waals surface area contributed by atoms with Crippen LogP contribution in [0.5, 0.6) is 0 Å². The highest BCUT2D eigenvalue weighted by atomic mass is 127. The lowest BCUT2D eigenvalue weighted by Gasteiger charge is -2.08. The van der Waals surface area contributed by atoms with Crippen molar-refractivity contribution in [3.8, 4) is 0 Å². The molecule has 0 saturated heterocycles. The maximum atomic E-state index is 12.6. The molecule has 0 atom stereocenters. The molecule has 0 saturated carbocycles. The molecule has 0 spiro atoms. The fraction of sp³-hybridized carbons (Fsp3) is 0.133. The summed E-state index contributed by atoms with van der Waals surface area (Å²) in [6.07, 6.45) is -2.77. The van der Waals surface area contributed by atoms with Gasteiger partial charge in [-0.25, -0.2) is 0 Å². The van der Waals surface area contributed by atoms with Gasteiger partial charge in [0.1, 0.15) is 0 Å². The summed E-state index contributed by atoms with van der Waals surface area (Å²) in [6.45, 7) is 2.03. The van der Waals surface area contributed by atoms with E-state index in [1.165, 1.54) is 17.7 Å². The summed E-state index contributed by atoms with van der Waals surface area (Å²) in [6, 6.07) is 8.87. The number of halogens is 5. The molecule has 0 radical (unpaired) electrons. The molecule has 2 rings (SSSR count). The maximum absolute atomic E-state index is 12.6. The number of anilines is 1.